The van der Waals surface area contributed by atoms with E-state index in [1.807, 2.05) is 23.0 Å². The van der Waals surface area contributed by atoms with Crippen molar-refractivity contribution in [1.29, 1.82) is 0 Å². The van der Waals surface area contributed by atoms with Gasteiger partial charge in [0.1, 0.15) is 6.04 Å². The summed E-state index contributed by atoms with van der Waals surface area (Å²) < 4.78 is 1.95. The van der Waals surface area contributed by atoms with Crippen LogP contribution in [0.2, 0.25) is 0 Å². The predicted octanol–water partition coefficient (Wildman–Crippen LogP) is 1.94. The predicted molar refractivity (Wildman–Crippen MR) is 131 cm³/mol. The first kappa shape index (κ1) is 22.0. The Morgan fingerprint density at radius 1 is 1.03 bits per heavy atom. The van der Waals surface area contributed by atoms with Crippen molar-refractivity contribution in [1.82, 2.24) is 20.0 Å². The second-order valence-electron chi connectivity index (χ2n) is 9.31. The van der Waals surface area contributed by atoms with Crippen molar-refractivity contribution in [3.05, 3.63) is 77.1 Å². The zero-order valence-corrected chi connectivity index (χ0v) is 19.6. The minimum Gasteiger partial charge on any atom is -0.380 e. The van der Waals surface area contributed by atoms with E-state index in [1.165, 1.54) is 11.3 Å². The fourth-order valence-corrected chi connectivity index (χ4v) is 5.30. The molecule has 2 aromatic carbocycles. The molecule has 1 aromatic heterocycles. The first-order valence-corrected chi connectivity index (χ1v) is 11.8. The van der Waals surface area contributed by atoms with Gasteiger partial charge in [-0.1, -0.05) is 24.3 Å². The number of hydrogen-bond donors (Lipinski definition) is 2. The Labute approximate surface area is 206 Å². The van der Waals surface area contributed by atoms with Crippen molar-refractivity contribution < 1.29 is 19.2 Å². The Morgan fingerprint density at radius 3 is 2.69 bits per heavy atom. The average Bonchev–Trinajstić information content (AvgIpc) is 3.54. The number of piperidine rings is 1. The van der Waals surface area contributed by atoms with Gasteiger partial charge in [0, 0.05) is 55.3 Å². The number of aromatic nitrogens is 2. The maximum absolute atomic E-state index is 13.3. The lowest BCUT2D eigenvalue weighted by atomic mass is 10.0. The third-order valence-corrected chi connectivity index (χ3v) is 7.08. The van der Waals surface area contributed by atoms with Gasteiger partial charge >= 0.3 is 0 Å². The first-order valence-electron chi connectivity index (χ1n) is 11.8. The van der Waals surface area contributed by atoms with Crippen molar-refractivity contribution in [2.24, 2.45) is 0 Å². The molecule has 3 aromatic rings. The molecule has 3 aliphatic heterocycles. The molecule has 182 valence electrons. The van der Waals surface area contributed by atoms with Gasteiger partial charge < -0.3 is 10.2 Å². The van der Waals surface area contributed by atoms with Gasteiger partial charge in [-0.25, -0.2) is 0 Å². The van der Waals surface area contributed by atoms with Gasteiger partial charge in [-0.15, -0.1) is 0 Å². The lowest BCUT2D eigenvalue weighted by molar-refractivity contribution is -0.136. The maximum atomic E-state index is 13.3. The summed E-state index contributed by atoms with van der Waals surface area (Å²) >= 11 is 0. The number of para-hydroxylation sites is 1. The average molecular weight is 485 g/mol. The molecule has 4 amide bonds. The number of rotatable bonds is 5. The summed E-state index contributed by atoms with van der Waals surface area (Å²) in [4.78, 5) is 53.3. The Morgan fingerprint density at radius 2 is 1.86 bits per heavy atom. The molecule has 2 atom stereocenters. The highest BCUT2D eigenvalue weighted by atomic mass is 16.2. The molecule has 6 rings (SSSR count). The Hall–Kier alpha value is -4.47. The smallest absolute Gasteiger partial charge is 0.264 e. The minimum atomic E-state index is -0.992. The summed E-state index contributed by atoms with van der Waals surface area (Å²) in [6.45, 7) is 1.23. The number of fused-ring (bicyclic) bond motifs is 2. The van der Waals surface area contributed by atoms with Gasteiger partial charge in [0.15, 0.2) is 0 Å². The molecule has 10 nitrogen and oxygen atoms in total. The second-order valence-corrected chi connectivity index (χ2v) is 9.31. The Kier molecular flexibility index (Phi) is 5.10. The Balaban J connectivity index is 1.20. The van der Waals surface area contributed by atoms with Crippen LogP contribution in [0.25, 0.3) is 0 Å². The summed E-state index contributed by atoms with van der Waals surface area (Å²) in [5.74, 6) is -2.08. The van der Waals surface area contributed by atoms with E-state index in [0.717, 1.165) is 17.0 Å². The molecule has 3 aliphatic rings. The number of nitrogens with one attached hydrogen (secondary N) is 2. The molecule has 2 N–H and O–H groups in total. The van der Waals surface area contributed by atoms with Crippen molar-refractivity contribution >= 4 is 35.0 Å². The van der Waals surface area contributed by atoms with Crippen LogP contribution in [0.3, 0.4) is 0 Å². The van der Waals surface area contributed by atoms with Crippen LogP contribution in [0.15, 0.2) is 54.9 Å². The summed E-state index contributed by atoms with van der Waals surface area (Å²) in [6.07, 6.45) is 3.98. The van der Waals surface area contributed by atoms with Crippen LogP contribution in [-0.4, -0.2) is 57.9 Å². The molecule has 0 spiro atoms. The number of carbonyl (C=O) groups is 4. The summed E-state index contributed by atoms with van der Waals surface area (Å²) in [5.41, 5.74) is 4.35. The minimum absolute atomic E-state index is 0.0835. The van der Waals surface area contributed by atoms with Gasteiger partial charge in [0.25, 0.3) is 11.8 Å². The van der Waals surface area contributed by atoms with Crippen molar-refractivity contribution in [3.8, 4) is 0 Å². The monoisotopic (exact) mass is 484 g/mol. The maximum Gasteiger partial charge on any atom is 0.264 e. The highest BCUT2D eigenvalue weighted by Gasteiger charge is 2.45. The lowest BCUT2D eigenvalue weighted by Crippen LogP contribution is -2.54. The molecule has 0 radical (unpaired) electrons. The van der Waals surface area contributed by atoms with Gasteiger partial charge in [-0.05, 0) is 24.6 Å². The number of imide groups is 2. The molecule has 1 saturated heterocycles. The number of hydrogen-bond acceptors (Lipinski definition) is 7. The van der Waals surface area contributed by atoms with E-state index < -0.39 is 29.7 Å². The number of carbonyl (C=O) groups excluding carboxylic acids is 4. The molecule has 0 aliphatic carbocycles. The van der Waals surface area contributed by atoms with E-state index in [0.29, 0.717) is 12.2 Å². The molecular weight excluding hydrogens is 460 g/mol. The van der Waals surface area contributed by atoms with E-state index in [2.05, 4.69) is 39.8 Å². The summed E-state index contributed by atoms with van der Waals surface area (Å²) in [5, 5.41) is 10.1. The van der Waals surface area contributed by atoms with Crippen molar-refractivity contribution in [3.63, 3.8) is 0 Å². The van der Waals surface area contributed by atoms with E-state index in [1.54, 1.807) is 24.4 Å². The normalized spacial score (nSPS) is 21.0. The molecule has 10 heteroatoms. The van der Waals surface area contributed by atoms with Crippen LogP contribution in [0.4, 0.5) is 11.4 Å². The summed E-state index contributed by atoms with van der Waals surface area (Å²) in [7, 11) is 2.07. The molecule has 4 heterocycles. The van der Waals surface area contributed by atoms with Crippen LogP contribution >= 0.6 is 0 Å². The quantitative estimate of drug-likeness (QED) is 0.532. The molecule has 0 bridgehead atoms. The zero-order valence-electron chi connectivity index (χ0n) is 19.6. The number of anilines is 2. The third kappa shape index (κ3) is 3.44. The second kappa shape index (κ2) is 8.33. The number of benzene rings is 2. The highest BCUT2D eigenvalue weighted by molar-refractivity contribution is 6.25. The molecular formula is C26H24N6O4. The van der Waals surface area contributed by atoms with Crippen LogP contribution in [0, 0.1) is 0 Å². The molecule has 0 saturated carbocycles. The van der Waals surface area contributed by atoms with Crippen LogP contribution < -0.4 is 15.5 Å². The molecule has 2 unspecified atom stereocenters. The topological polar surface area (TPSA) is 117 Å². The van der Waals surface area contributed by atoms with E-state index in [-0.39, 0.29) is 30.0 Å². The van der Waals surface area contributed by atoms with E-state index in [4.69, 9.17) is 0 Å². The standard InChI is InChI=1S/C26H24N6O4/c1-30-14-21(16-5-2-3-8-19(16)30)31-13-15(12-28-31)11-27-18-7-4-6-17-23(18)26(36)32(25(17)35)20-9-10-22(33)29-24(20)34/h2-8,12-13,20-21,27H,9-11,14H2,1H3,(H,29,33,34). The fourth-order valence-electron chi connectivity index (χ4n) is 5.30. The highest BCUT2D eigenvalue weighted by Crippen LogP contribution is 2.36. The first-order chi connectivity index (χ1) is 17.4. The van der Waals surface area contributed by atoms with Crippen LogP contribution in [-0.2, 0) is 16.1 Å². The van der Waals surface area contributed by atoms with Gasteiger partial charge in [-0.2, -0.15) is 5.10 Å². The fraction of sp³-hybridized carbons (Fsp3) is 0.269. The van der Waals surface area contributed by atoms with Gasteiger partial charge in [0.2, 0.25) is 11.8 Å². The van der Waals surface area contributed by atoms with Crippen molar-refractivity contribution in [2.45, 2.75) is 31.5 Å². The molecule has 36 heavy (non-hydrogen) atoms. The SMILES string of the molecule is CN1CC(n2cc(CNc3cccc4c3C(=O)N(C3CCC(=O)NC3=O)C4=O)cn2)c2ccccc21. The Bertz CT molecular complexity index is 1430. The van der Waals surface area contributed by atoms with Gasteiger partial charge in [0.05, 0.1) is 23.4 Å². The summed E-state index contributed by atoms with van der Waals surface area (Å²) in [6, 6.07) is 12.4. The van der Waals surface area contributed by atoms with Gasteiger partial charge in [-0.3, -0.25) is 34.1 Å². The van der Waals surface area contributed by atoms with Crippen molar-refractivity contribution in [2.75, 3.05) is 23.8 Å². The number of nitrogens with zero attached hydrogens (tertiary/aromatic N) is 4. The van der Waals surface area contributed by atoms with Crippen LogP contribution in [0.5, 0.6) is 0 Å². The van der Waals surface area contributed by atoms with Crippen LogP contribution in [0.1, 0.15) is 50.7 Å². The van der Waals surface area contributed by atoms with E-state index in [9.17, 15) is 19.2 Å². The number of amides is 4. The van der Waals surface area contributed by atoms with E-state index >= 15 is 0 Å². The zero-order chi connectivity index (χ0) is 25.0. The molecule has 1 fully saturated rings. The number of likely N-dealkylation sites (N-methyl/N-ethyl adjacent to an activating group) is 1. The lowest BCUT2D eigenvalue weighted by Gasteiger charge is -2.27. The third-order valence-electron chi connectivity index (χ3n) is 7.08. The largest absolute Gasteiger partial charge is 0.380 e.